The maximum atomic E-state index is 14.3. The summed E-state index contributed by atoms with van der Waals surface area (Å²) in [5.74, 6) is -1.44. The van der Waals surface area contributed by atoms with E-state index >= 15 is 0 Å². The van der Waals surface area contributed by atoms with Crippen molar-refractivity contribution in [1.82, 2.24) is 4.90 Å². The van der Waals surface area contributed by atoms with E-state index in [1.807, 2.05) is 0 Å². The molecule has 30 heavy (non-hydrogen) atoms. The molecular weight excluding hydrogens is 405 g/mol. The zero-order valence-corrected chi connectivity index (χ0v) is 15.6. The molecule has 0 unspecified atom stereocenters. The van der Waals surface area contributed by atoms with E-state index in [2.05, 4.69) is 10.1 Å². The number of halogens is 3. The Balaban J connectivity index is 1.32. The number of alkyl halides is 2. The van der Waals surface area contributed by atoms with Gasteiger partial charge in [0.2, 0.25) is 0 Å². The molecule has 4 rings (SSSR count). The van der Waals surface area contributed by atoms with Crippen LogP contribution in [-0.2, 0) is 16.1 Å². The van der Waals surface area contributed by atoms with E-state index in [4.69, 9.17) is 9.47 Å². The van der Waals surface area contributed by atoms with Crippen LogP contribution < -0.4 is 14.8 Å². The second kappa shape index (κ2) is 8.23. The summed E-state index contributed by atoms with van der Waals surface area (Å²) < 4.78 is 54.0. The second-order valence-electron chi connectivity index (χ2n) is 6.83. The number of nitrogens with one attached hydrogen (secondary N) is 1. The van der Waals surface area contributed by atoms with Gasteiger partial charge in [-0.15, -0.1) is 0 Å². The van der Waals surface area contributed by atoms with Gasteiger partial charge < -0.3 is 24.4 Å². The minimum atomic E-state index is -2.91. The van der Waals surface area contributed by atoms with Crippen LogP contribution in [-0.4, -0.2) is 49.1 Å². The van der Waals surface area contributed by atoms with Gasteiger partial charge in [-0.05, 0) is 23.8 Å². The van der Waals surface area contributed by atoms with Gasteiger partial charge >= 0.3 is 6.61 Å². The van der Waals surface area contributed by atoms with Crippen molar-refractivity contribution in [2.75, 3.05) is 25.0 Å². The molecule has 0 radical (unpaired) electrons. The van der Waals surface area contributed by atoms with Crippen LogP contribution >= 0.6 is 0 Å². The Morgan fingerprint density at radius 1 is 1.27 bits per heavy atom. The molecule has 0 spiro atoms. The standard InChI is InChI=1S/C20H17F3N2O5/c21-15-6-17-16(24-18(26)10-29-17)5-14(15)19(27)25-7-13(8-25)28-9-11-2-1-3-12(4-11)30-20(22)23/h1-6,13,20H,7-10H2,(H,24,26). The summed E-state index contributed by atoms with van der Waals surface area (Å²) in [6.45, 7) is -2.45. The fourth-order valence-corrected chi connectivity index (χ4v) is 3.17. The Kier molecular flexibility index (Phi) is 5.49. The molecule has 2 aliphatic rings. The number of carbonyl (C=O) groups excluding carboxylic acids is 2. The highest BCUT2D eigenvalue weighted by molar-refractivity contribution is 6.00. The zero-order valence-electron chi connectivity index (χ0n) is 15.6. The van der Waals surface area contributed by atoms with Crippen molar-refractivity contribution in [2.24, 2.45) is 0 Å². The molecule has 10 heteroatoms. The summed E-state index contributed by atoms with van der Waals surface area (Å²) in [4.78, 5) is 25.4. The molecule has 1 N–H and O–H groups in total. The average molecular weight is 422 g/mol. The van der Waals surface area contributed by atoms with Crippen LogP contribution in [0.3, 0.4) is 0 Å². The Hall–Kier alpha value is -3.27. The molecular formula is C20H17F3N2O5. The molecule has 2 aromatic rings. The first-order valence-electron chi connectivity index (χ1n) is 9.10. The number of rotatable bonds is 6. The SMILES string of the molecule is O=C1COc2cc(F)c(C(=O)N3CC(OCc4cccc(OC(F)F)c4)C3)cc2N1. The van der Waals surface area contributed by atoms with Crippen LogP contribution in [0.25, 0.3) is 0 Å². The molecule has 2 aliphatic heterocycles. The number of fused-ring (bicyclic) bond motifs is 1. The minimum absolute atomic E-state index is 0.0375. The van der Waals surface area contributed by atoms with E-state index in [1.54, 1.807) is 12.1 Å². The van der Waals surface area contributed by atoms with E-state index in [9.17, 15) is 22.8 Å². The van der Waals surface area contributed by atoms with E-state index in [-0.39, 0.29) is 61.1 Å². The molecule has 0 saturated carbocycles. The molecule has 2 aromatic carbocycles. The Labute approximate surface area is 169 Å². The number of anilines is 1. The van der Waals surface area contributed by atoms with Crippen molar-refractivity contribution in [2.45, 2.75) is 19.3 Å². The van der Waals surface area contributed by atoms with Crippen LogP contribution in [0.2, 0.25) is 0 Å². The number of hydrogen-bond acceptors (Lipinski definition) is 5. The lowest BCUT2D eigenvalue weighted by Gasteiger charge is -2.39. The highest BCUT2D eigenvalue weighted by atomic mass is 19.3. The summed E-state index contributed by atoms with van der Waals surface area (Å²) in [6.07, 6.45) is -0.266. The molecule has 0 bridgehead atoms. The van der Waals surface area contributed by atoms with Gasteiger partial charge in [0, 0.05) is 19.2 Å². The topological polar surface area (TPSA) is 77.1 Å². The Bertz CT molecular complexity index is 979. The predicted octanol–water partition coefficient (Wildman–Crippen LogP) is 2.80. The number of amides is 2. The van der Waals surface area contributed by atoms with E-state index in [0.717, 1.165) is 6.07 Å². The van der Waals surface area contributed by atoms with Crippen molar-refractivity contribution in [3.63, 3.8) is 0 Å². The third-order valence-electron chi connectivity index (χ3n) is 4.68. The molecule has 0 aliphatic carbocycles. The fraction of sp³-hybridized carbons (Fsp3) is 0.300. The first kappa shape index (κ1) is 20.0. The summed E-state index contributed by atoms with van der Waals surface area (Å²) in [5.41, 5.74) is 0.722. The van der Waals surface area contributed by atoms with Crippen molar-refractivity contribution in [3.05, 3.63) is 53.3 Å². The second-order valence-corrected chi connectivity index (χ2v) is 6.83. The summed E-state index contributed by atoms with van der Waals surface area (Å²) in [6, 6.07) is 8.48. The van der Waals surface area contributed by atoms with Crippen LogP contribution in [0, 0.1) is 5.82 Å². The molecule has 2 heterocycles. The largest absolute Gasteiger partial charge is 0.481 e. The van der Waals surface area contributed by atoms with Crippen LogP contribution in [0.4, 0.5) is 18.9 Å². The number of hydrogen-bond donors (Lipinski definition) is 1. The predicted molar refractivity (Wildman–Crippen MR) is 98.1 cm³/mol. The highest BCUT2D eigenvalue weighted by Crippen LogP contribution is 2.31. The van der Waals surface area contributed by atoms with Crippen LogP contribution in [0.5, 0.6) is 11.5 Å². The molecule has 1 fully saturated rings. The third-order valence-corrected chi connectivity index (χ3v) is 4.68. The lowest BCUT2D eigenvalue weighted by Crippen LogP contribution is -2.54. The van der Waals surface area contributed by atoms with Crippen molar-refractivity contribution in [1.29, 1.82) is 0 Å². The van der Waals surface area contributed by atoms with Gasteiger partial charge in [-0.2, -0.15) is 8.78 Å². The van der Waals surface area contributed by atoms with Gasteiger partial charge in [0.05, 0.1) is 24.0 Å². The highest BCUT2D eigenvalue weighted by Gasteiger charge is 2.34. The van der Waals surface area contributed by atoms with Gasteiger partial charge in [-0.1, -0.05) is 12.1 Å². The van der Waals surface area contributed by atoms with Gasteiger partial charge in [0.15, 0.2) is 6.61 Å². The van der Waals surface area contributed by atoms with Gasteiger partial charge in [-0.25, -0.2) is 4.39 Å². The van der Waals surface area contributed by atoms with E-state index in [0.29, 0.717) is 5.56 Å². The lowest BCUT2D eigenvalue weighted by molar-refractivity contribution is -0.118. The quantitative estimate of drug-likeness (QED) is 0.775. The van der Waals surface area contributed by atoms with Crippen LogP contribution in [0.15, 0.2) is 36.4 Å². The third kappa shape index (κ3) is 4.33. The first-order chi connectivity index (χ1) is 14.4. The number of carbonyl (C=O) groups is 2. The van der Waals surface area contributed by atoms with E-state index in [1.165, 1.54) is 23.1 Å². The van der Waals surface area contributed by atoms with Gasteiger partial charge in [-0.3, -0.25) is 9.59 Å². The Morgan fingerprint density at radius 3 is 2.83 bits per heavy atom. The van der Waals surface area contributed by atoms with E-state index < -0.39 is 18.3 Å². The number of benzene rings is 2. The lowest BCUT2D eigenvalue weighted by atomic mass is 10.1. The summed E-state index contributed by atoms with van der Waals surface area (Å²) in [5, 5.41) is 2.54. The maximum Gasteiger partial charge on any atom is 0.387 e. The maximum absolute atomic E-state index is 14.3. The summed E-state index contributed by atoms with van der Waals surface area (Å²) >= 11 is 0. The van der Waals surface area contributed by atoms with Crippen molar-refractivity contribution in [3.8, 4) is 11.5 Å². The molecule has 1 saturated heterocycles. The molecule has 158 valence electrons. The number of ether oxygens (including phenoxy) is 3. The van der Waals surface area contributed by atoms with Crippen molar-refractivity contribution >= 4 is 17.5 Å². The minimum Gasteiger partial charge on any atom is -0.481 e. The average Bonchev–Trinajstić information content (AvgIpc) is 2.66. The molecule has 0 atom stereocenters. The number of likely N-dealkylation sites (tertiary alicyclic amines) is 1. The normalized spacial score (nSPS) is 15.9. The van der Waals surface area contributed by atoms with Gasteiger partial charge in [0.1, 0.15) is 17.3 Å². The molecule has 7 nitrogen and oxygen atoms in total. The summed E-state index contributed by atoms with van der Waals surface area (Å²) in [7, 11) is 0. The fourth-order valence-electron chi connectivity index (χ4n) is 3.17. The van der Waals surface area contributed by atoms with Gasteiger partial charge in [0.25, 0.3) is 11.8 Å². The zero-order chi connectivity index (χ0) is 21.3. The smallest absolute Gasteiger partial charge is 0.387 e. The molecule has 0 aromatic heterocycles. The monoisotopic (exact) mass is 422 g/mol. The van der Waals surface area contributed by atoms with Crippen molar-refractivity contribution < 1.29 is 37.0 Å². The number of nitrogens with zero attached hydrogens (tertiary/aromatic N) is 1. The first-order valence-corrected chi connectivity index (χ1v) is 9.10. The molecule has 2 amide bonds. The Morgan fingerprint density at radius 2 is 2.07 bits per heavy atom. The van der Waals surface area contributed by atoms with Crippen LogP contribution in [0.1, 0.15) is 15.9 Å².